The van der Waals surface area contributed by atoms with E-state index in [9.17, 15) is 9.59 Å². The number of anilines is 1. The van der Waals surface area contributed by atoms with Crippen molar-refractivity contribution in [2.75, 3.05) is 11.1 Å². The summed E-state index contributed by atoms with van der Waals surface area (Å²) in [4.78, 5) is 28.0. The molecule has 4 rings (SSSR count). The van der Waals surface area contributed by atoms with Crippen LogP contribution < -0.4 is 16.0 Å². The minimum Gasteiger partial charge on any atom is -0.332 e. The molecule has 3 amide bonds. The van der Waals surface area contributed by atoms with Crippen molar-refractivity contribution in [2.24, 2.45) is 0 Å². The predicted octanol–water partition coefficient (Wildman–Crippen LogP) is 2.90. The van der Waals surface area contributed by atoms with E-state index < -0.39 is 0 Å². The van der Waals surface area contributed by atoms with E-state index in [2.05, 4.69) is 20.9 Å². The molecule has 0 unspecified atom stereocenters. The molecule has 1 aromatic heterocycles. The van der Waals surface area contributed by atoms with Crippen molar-refractivity contribution in [3.05, 3.63) is 36.5 Å². The Hall–Kier alpha value is -2.28. The Labute approximate surface area is 156 Å². The molecule has 26 heavy (non-hydrogen) atoms. The number of carbonyl (C=O) groups excluding carboxylic acids is 2. The number of fused-ring (bicyclic) bond motifs is 2. The quantitative estimate of drug-likeness (QED) is 0.539. The Morgan fingerprint density at radius 3 is 3.04 bits per heavy atom. The molecule has 0 saturated carbocycles. The number of benzene rings is 1. The Kier molecular flexibility index (Phi) is 4.97. The van der Waals surface area contributed by atoms with E-state index in [4.69, 9.17) is 0 Å². The van der Waals surface area contributed by atoms with Crippen LogP contribution in [0.5, 0.6) is 0 Å². The lowest BCUT2D eigenvalue weighted by molar-refractivity contribution is -0.116. The van der Waals surface area contributed by atoms with Gasteiger partial charge in [0.15, 0.2) is 0 Å². The maximum atomic E-state index is 12.3. The lowest BCUT2D eigenvalue weighted by Crippen LogP contribution is -2.36. The van der Waals surface area contributed by atoms with Crippen molar-refractivity contribution in [3.63, 3.8) is 0 Å². The van der Waals surface area contributed by atoms with Gasteiger partial charge in [0.25, 0.3) is 0 Å². The number of carbonyl (C=O) groups is 2. The zero-order chi connectivity index (χ0) is 17.9. The molecule has 6 nitrogen and oxygen atoms in total. The Balaban J connectivity index is 1.24. The topological polar surface area (TPSA) is 83.1 Å². The molecule has 0 bridgehead atoms. The maximum Gasteiger partial charge on any atom is 0.315 e. The van der Waals surface area contributed by atoms with Crippen LogP contribution in [0.4, 0.5) is 10.5 Å². The predicted molar refractivity (Wildman–Crippen MR) is 104 cm³/mol. The number of hydrogen-bond acceptors (Lipinski definition) is 4. The van der Waals surface area contributed by atoms with Gasteiger partial charge in [-0.1, -0.05) is 24.6 Å². The van der Waals surface area contributed by atoms with Gasteiger partial charge in [-0.05, 0) is 25.0 Å². The van der Waals surface area contributed by atoms with Crippen molar-refractivity contribution >= 4 is 40.3 Å². The highest BCUT2D eigenvalue weighted by Gasteiger charge is 2.42. The lowest BCUT2D eigenvalue weighted by atomic mass is 10.0. The zero-order valence-electron chi connectivity index (χ0n) is 14.4. The van der Waals surface area contributed by atoms with Gasteiger partial charge < -0.3 is 16.0 Å². The second-order valence-electron chi connectivity index (χ2n) is 6.80. The standard InChI is InChI=1S/C19H22N4O2S/c24-16(21-13-7-3-5-12-6-4-10-20-17(12)13)9-2-1-8-15-18-14(11-26-15)22-19(25)23-18/h3-7,10,14-15,18H,1-2,8-9,11H2,(H,21,24)(H2,22,23,25)/t14-,15+,18-/m1/s1. The number of thioether (sulfide) groups is 1. The van der Waals surface area contributed by atoms with Crippen LogP contribution in [0.25, 0.3) is 10.9 Å². The summed E-state index contributed by atoms with van der Waals surface area (Å²) in [5, 5.41) is 10.4. The van der Waals surface area contributed by atoms with Crippen molar-refractivity contribution < 1.29 is 9.59 Å². The van der Waals surface area contributed by atoms with E-state index in [1.165, 1.54) is 0 Å². The van der Waals surface area contributed by atoms with Gasteiger partial charge in [-0.3, -0.25) is 9.78 Å². The second-order valence-corrected chi connectivity index (χ2v) is 8.07. The first kappa shape index (κ1) is 17.1. The molecule has 2 aliphatic heterocycles. The van der Waals surface area contributed by atoms with Crippen molar-refractivity contribution in [2.45, 2.75) is 43.0 Å². The molecule has 7 heteroatoms. The molecule has 2 aliphatic rings. The fourth-order valence-corrected chi connectivity index (χ4v) is 5.24. The first-order valence-electron chi connectivity index (χ1n) is 9.03. The summed E-state index contributed by atoms with van der Waals surface area (Å²) < 4.78 is 0. The number of nitrogens with zero attached hydrogens (tertiary/aromatic N) is 1. The fourth-order valence-electron chi connectivity index (χ4n) is 3.69. The smallest absolute Gasteiger partial charge is 0.315 e. The Morgan fingerprint density at radius 1 is 1.23 bits per heavy atom. The molecule has 1 aromatic carbocycles. The maximum absolute atomic E-state index is 12.3. The van der Waals surface area contributed by atoms with Crippen LogP contribution in [0, 0.1) is 0 Å². The summed E-state index contributed by atoms with van der Waals surface area (Å²) in [6.45, 7) is 0. The highest BCUT2D eigenvalue weighted by molar-refractivity contribution is 8.00. The van der Waals surface area contributed by atoms with Crippen LogP contribution >= 0.6 is 11.8 Å². The van der Waals surface area contributed by atoms with Crippen LogP contribution in [0.1, 0.15) is 25.7 Å². The van der Waals surface area contributed by atoms with E-state index in [1.54, 1.807) is 6.20 Å². The SMILES string of the molecule is O=C(CCCC[C@@H]1SC[C@H]2NC(=O)N[C@@H]12)Nc1cccc2cccnc12. The van der Waals surface area contributed by atoms with E-state index in [0.717, 1.165) is 41.6 Å². The minimum absolute atomic E-state index is 0.0240. The van der Waals surface area contributed by atoms with Crippen LogP contribution in [0.2, 0.25) is 0 Å². The van der Waals surface area contributed by atoms with E-state index in [0.29, 0.717) is 11.7 Å². The molecule has 0 aliphatic carbocycles. The Morgan fingerprint density at radius 2 is 2.12 bits per heavy atom. The number of aromatic nitrogens is 1. The van der Waals surface area contributed by atoms with Crippen LogP contribution in [-0.4, -0.2) is 40.0 Å². The molecule has 3 N–H and O–H groups in total. The number of rotatable bonds is 6. The normalized spacial score (nSPS) is 24.2. The molecular formula is C19H22N4O2S. The first-order chi connectivity index (χ1) is 12.7. The van der Waals surface area contributed by atoms with Crippen LogP contribution in [-0.2, 0) is 4.79 Å². The number of nitrogens with one attached hydrogen (secondary N) is 3. The third kappa shape index (κ3) is 3.62. The first-order valence-corrected chi connectivity index (χ1v) is 10.1. The van der Waals surface area contributed by atoms with Gasteiger partial charge in [-0.15, -0.1) is 0 Å². The number of para-hydroxylation sites is 1. The largest absolute Gasteiger partial charge is 0.332 e. The number of pyridine rings is 1. The molecule has 3 atom stereocenters. The summed E-state index contributed by atoms with van der Waals surface area (Å²) in [5.74, 6) is 0.999. The minimum atomic E-state index is -0.0478. The Bertz CT molecular complexity index is 823. The van der Waals surface area contributed by atoms with E-state index in [1.807, 2.05) is 42.1 Å². The number of urea groups is 1. The van der Waals surface area contributed by atoms with Crippen molar-refractivity contribution in [1.82, 2.24) is 15.6 Å². The average Bonchev–Trinajstić information content (AvgIpc) is 3.18. The highest BCUT2D eigenvalue weighted by atomic mass is 32.2. The summed E-state index contributed by atoms with van der Waals surface area (Å²) in [5.41, 5.74) is 1.59. The second kappa shape index (κ2) is 7.53. The number of amides is 3. The van der Waals surface area contributed by atoms with Crippen molar-refractivity contribution in [3.8, 4) is 0 Å². The summed E-state index contributed by atoms with van der Waals surface area (Å²) in [6, 6.07) is 10.1. The third-order valence-corrected chi connectivity index (χ3v) is 6.50. The van der Waals surface area contributed by atoms with E-state index >= 15 is 0 Å². The molecule has 0 spiro atoms. The van der Waals surface area contributed by atoms with Crippen LogP contribution in [0.3, 0.4) is 0 Å². The summed E-state index contributed by atoms with van der Waals surface area (Å²) >= 11 is 1.91. The van der Waals surface area contributed by atoms with Gasteiger partial charge in [0.2, 0.25) is 5.91 Å². The van der Waals surface area contributed by atoms with E-state index in [-0.39, 0.29) is 24.0 Å². The monoisotopic (exact) mass is 370 g/mol. The molecule has 2 saturated heterocycles. The summed E-state index contributed by atoms with van der Waals surface area (Å²) in [6.07, 6.45) is 5.09. The van der Waals surface area contributed by atoms with Gasteiger partial charge >= 0.3 is 6.03 Å². The lowest BCUT2D eigenvalue weighted by Gasteiger charge is -2.16. The van der Waals surface area contributed by atoms with Gasteiger partial charge in [-0.2, -0.15) is 11.8 Å². The molecular weight excluding hydrogens is 348 g/mol. The molecule has 3 heterocycles. The van der Waals surface area contributed by atoms with Gasteiger partial charge in [0, 0.05) is 29.0 Å². The van der Waals surface area contributed by atoms with Gasteiger partial charge in [0.1, 0.15) is 0 Å². The zero-order valence-corrected chi connectivity index (χ0v) is 15.2. The van der Waals surface area contributed by atoms with Crippen LogP contribution in [0.15, 0.2) is 36.5 Å². The third-order valence-electron chi connectivity index (χ3n) is 4.99. The average molecular weight is 370 g/mol. The van der Waals surface area contributed by atoms with Crippen molar-refractivity contribution in [1.29, 1.82) is 0 Å². The number of hydrogen-bond donors (Lipinski definition) is 3. The number of unbranched alkanes of at least 4 members (excludes halogenated alkanes) is 1. The van der Waals surface area contributed by atoms with Gasteiger partial charge in [-0.25, -0.2) is 4.79 Å². The highest BCUT2D eigenvalue weighted by Crippen LogP contribution is 2.33. The molecule has 0 radical (unpaired) electrons. The molecule has 136 valence electrons. The fraction of sp³-hybridized carbons (Fsp3) is 0.421. The molecule has 2 aromatic rings. The summed E-state index contributed by atoms with van der Waals surface area (Å²) in [7, 11) is 0. The van der Waals surface area contributed by atoms with Gasteiger partial charge in [0.05, 0.1) is 23.3 Å². The molecule has 2 fully saturated rings.